The fourth-order valence-electron chi connectivity index (χ4n) is 9.85. The Kier molecular flexibility index (Phi) is 7.84. The Labute approximate surface area is 364 Å². The Bertz CT molecular complexity index is 3110. The topological polar surface area (TPSA) is 59.0 Å². The lowest BCUT2D eigenvalue weighted by atomic mass is 9.37. The minimum Gasteiger partial charge on any atom is -0.468 e. The number of hydrogen-bond donors (Lipinski definition) is 0. The zero-order valence-corrected chi connectivity index (χ0v) is 38.3. The van der Waals surface area contributed by atoms with Gasteiger partial charge in [0, 0.05) is 32.9 Å². The second kappa shape index (κ2) is 12.5. The third-order valence-electron chi connectivity index (χ3n) is 13.5. The molecule has 0 radical (unpaired) electrons. The summed E-state index contributed by atoms with van der Waals surface area (Å²) >= 11 is 0. The van der Waals surface area contributed by atoms with E-state index in [1.807, 2.05) is 12.5 Å². The molecule has 0 atom stereocenters. The molecule has 0 aliphatic carbocycles. The highest BCUT2D eigenvalue weighted by Gasteiger charge is 2.51. The van der Waals surface area contributed by atoms with Crippen LogP contribution in [0.2, 0.25) is 0 Å². The molecule has 5 aromatic carbocycles. The van der Waals surface area contributed by atoms with Gasteiger partial charge in [0.25, 0.3) is 0 Å². The van der Waals surface area contributed by atoms with E-state index in [2.05, 4.69) is 185 Å². The van der Waals surface area contributed by atoms with E-state index in [4.69, 9.17) is 17.7 Å². The number of nitrogens with zero attached hydrogens (tertiary/aromatic N) is 2. The average molecular weight is 819 g/mol. The van der Waals surface area contributed by atoms with Gasteiger partial charge in [0.1, 0.15) is 46.2 Å². The van der Waals surface area contributed by atoms with Crippen molar-refractivity contribution in [2.24, 2.45) is 0 Å². The van der Waals surface area contributed by atoms with Gasteiger partial charge in [-0.2, -0.15) is 0 Å². The molecule has 0 saturated carbocycles. The summed E-state index contributed by atoms with van der Waals surface area (Å²) in [6.45, 7) is 29.1. The summed E-state index contributed by atoms with van der Waals surface area (Å²) < 4.78 is 27.5. The van der Waals surface area contributed by atoms with Crippen molar-refractivity contribution in [3.63, 3.8) is 0 Å². The van der Waals surface area contributed by atoms with E-state index >= 15 is 0 Å². The third kappa shape index (κ3) is 5.62. The van der Waals surface area contributed by atoms with E-state index in [0.717, 1.165) is 100 Å². The predicted molar refractivity (Wildman–Crippen MR) is 259 cm³/mol. The summed E-state index contributed by atoms with van der Waals surface area (Å²) in [5.74, 6) is 0. The molecule has 11 rings (SSSR count). The van der Waals surface area contributed by atoms with Gasteiger partial charge in [0.2, 0.25) is 0 Å². The molecule has 0 unspecified atom stereocenters. The largest absolute Gasteiger partial charge is 0.468 e. The first kappa shape index (κ1) is 38.8. The molecule has 0 N–H and O–H groups in total. The van der Waals surface area contributed by atoms with Crippen molar-refractivity contribution in [1.29, 1.82) is 0 Å². The molecule has 6 nitrogen and oxygen atoms in total. The minimum absolute atomic E-state index is 0.0569. The van der Waals surface area contributed by atoms with Crippen molar-refractivity contribution in [2.75, 3.05) is 9.80 Å². The van der Waals surface area contributed by atoms with Gasteiger partial charge < -0.3 is 27.5 Å². The maximum atomic E-state index is 7.27. The maximum Gasteiger partial charge on any atom is 0.342 e. The Morgan fingerprint density at radius 2 is 0.742 bits per heavy atom. The second-order valence-corrected chi connectivity index (χ2v) is 22.0. The molecule has 312 valence electrons. The van der Waals surface area contributed by atoms with Crippen LogP contribution in [0.4, 0.5) is 34.1 Å². The summed E-state index contributed by atoms with van der Waals surface area (Å²) in [6, 6.07) is 31.3. The number of aryl methyl sites for hydroxylation is 1. The van der Waals surface area contributed by atoms with E-state index in [0.29, 0.717) is 0 Å². The van der Waals surface area contributed by atoms with Crippen LogP contribution in [0.1, 0.15) is 111 Å². The van der Waals surface area contributed by atoms with Crippen molar-refractivity contribution < 1.29 is 17.7 Å². The van der Waals surface area contributed by atoms with Gasteiger partial charge in [0.05, 0.1) is 22.7 Å². The first-order valence-corrected chi connectivity index (χ1v) is 22.1. The lowest BCUT2D eigenvalue weighted by molar-refractivity contribution is 0.589. The molecule has 2 aliphatic rings. The summed E-state index contributed by atoms with van der Waals surface area (Å²) in [7, 11) is 0. The van der Waals surface area contributed by atoms with Crippen LogP contribution in [0.5, 0.6) is 0 Å². The summed E-state index contributed by atoms with van der Waals surface area (Å²) in [4.78, 5) is 4.84. The lowest BCUT2D eigenvalue weighted by Crippen LogP contribution is -2.60. The van der Waals surface area contributed by atoms with Gasteiger partial charge in [0.15, 0.2) is 0 Å². The quantitative estimate of drug-likeness (QED) is 0.162. The summed E-state index contributed by atoms with van der Waals surface area (Å²) in [5, 5.41) is 4.24. The number of anilines is 6. The van der Waals surface area contributed by atoms with Crippen LogP contribution in [-0.2, 0) is 21.7 Å². The van der Waals surface area contributed by atoms with Crippen LogP contribution >= 0.6 is 0 Å². The molecule has 2 aliphatic heterocycles. The van der Waals surface area contributed by atoms with Crippen molar-refractivity contribution in [1.82, 2.24) is 0 Å². The Balaban J connectivity index is 1.29. The maximum absolute atomic E-state index is 7.27. The van der Waals surface area contributed by atoms with Crippen molar-refractivity contribution in [3.05, 3.63) is 125 Å². The minimum atomic E-state index is -0.347. The highest BCUT2D eigenvalue weighted by molar-refractivity contribution is 6.99. The molecule has 4 aromatic heterocycles. The fourth-order valence-corrected chi connectivity index (χ4v) is 9.85. The average Bonchev–Trinajstić information content (AvgIpc) is 3.98. The zero-order chi connectivity index (χ0) is 43.6. The van der Waals surface area contributed by atoms with Gasteiger partial charge >= 0.3 is 6.71 Å². The molecule has 0 saturated heterocycles. The van der Waals surface area contributed by atoms with E-state index in [1.54, 1.807) is 0 Å². The van der Waals surface area contributed by atoms with Crippen LogP contribution in [0.3, 0.4) is 0 Å². The summed E-state index contributed by atoms with van der Waals surface area (Å²) in [6.07, 6.45) is 3.86. The third-order valence-corrected chi connectivity index (χ3v) is 13.5. The molecule has 0 fully saturated rings. The molecular weight excluding hydrogens is 763 g/mol. The monoisotopic (exact) mass is 818 g/mol. The van der Waals surface area contributed by atoms with Crippen LogP contribution in [0, 0.1) is 6.92 Å². The molecule has 0 amide bonds. The van der Waals surface area contributed by atoms with Crippen LogP contribution in [0.15, 0.2) is 115 Å². The Morgan fingerprint density at radius 3 is 1.10 bits per heavy atom. The van der Waals surface area contributed by atoms with Crippen molar-refractivity contribution in [2.45, 2.75) is 112 Å². The van der Waals surface area contributed by atoms with Crippen LogP contribution in [0.25, 0.3) is 43.9 Å². The number of rotatable bonds is 2. The zero-order valence-electron chi connectivity index (χ0n) is 38.3. The number of furan rings is 4. The normalized spacial score (nSPS) is 14.4. The fraction of sp³-hybridized carbons (Fsp3) is 0.309. The molecule has 0 bridgehead atoms. The smallest absolute Gasteiger partial charge is 0.342 e. The number of fused-ring (bicyclic) bond motifs is 10. The highest BCUT2D eigenvalue weighted by atomic mass is 16.4. The standard InChI is InChI=1S/C55H55BN2O4/c1-30-22-39-47-40(23-30)58(42-29-60-44-19-15-32(25-36(42)44)53(5,6)7)49-38-27-34(55(11,12)13)17-21-46(38)62-51(49)56(47)50-48(37-26-33(54(8,9)10)16-20-45(37)61-50)57(39)41-28-59-43-18-14-31(24-35(41)43)52(2,3)4/h14-29H,1-13H3. The van der Waals surface area contributed by atoms with Gasteiger partial charge in [-0.15, -0.1) is 0 Å². The highest BCUT2D eigenvalue weighted by Crippen LogP contribution is 2.52. The molecular formula is C55H55BN2O4. The molecule has 62 heavy (non-hydrogen) atoms. The van der Waals surface area contributed by atoms with Gasteiger partial charge in [-0.3, -0.25) is 0 Å². The lowest BCUT2D eigenvalue weighted by Gasteiger charge is -2.40. The Hall–Kier alpha value is -6.08. The van der Waals surface area contributed by atoms with Gasteiger partial charge in [-0.1, -0.05) is 107 Å². The van der Waals surface area contributed by atoms with Gasteiger partial charge in [-0.05, 0) is 123 Å². The SMILES string of the molecule is Cc1cc2c3c(c1)N(c1coc4ccc(C(C)(C)C)cc14)c1c(oc4ccc(C(C)(C)C)cc14)B3c1oc3ccc(C(C)(C)C)cc3c1N2c1coc2ccc(C(C)(C)C)cc12. The molecule has 7 heteroatoms. The van der Waals surface area contributed by atoms with E-state index < -0.39 is 0 Å². The van der Waals surface area contributed by atoms with Gasteiger partial charge in [-0.25, -0.2) is 0 Å². The van der Waals surface area contributed by atoms with Crippen LogP contribution < -0.4 is 26.6 Å². The molecule has 9 aromatic rings. The summed E-state index contributed by atoms with van der Waals surface area (Å²) in [5.41, 5.74) is 18.2. The Morgan fingerprint density at radius 1 is 0.403 bits per heavy atom. The number of benzene rings is 5. The van der Waals surface area contributed by atoms with E-state index in [-0.39, 0.29) is 28.4 Å². The van der Waals surface area contributed by atoms with Crippen molar-refractivity contribution in [3.8, 4) is 0 Å². The predicted octanol–water partition coefficient (Wildman–Crippen LogP) is 14.3. The first-order valence-electron chi connectivity index (χ1n) is 22.1. The molecule has 0 spiro atoms. The first-order chi connectivity index (χ1) is 29.2. The second-order valence-electron chi connectivity index (χ2n) is 22.0. The number of hydrogen-bond acceptors (Lipinski definition) is 6. The van der Waals surface area contributed by atoms with Crippen LogP contribution in [-0.4, -0.2) is 6.71 Å². The molecule has 6 heterocycles. The van der Waals surface area contributed by atoms with E-state index in [1.165, 1.54) is 22.3 Å². The van der Waals surface area contributed by atoms with E-state index in [9.17, 15) is 0 Å². The van der Waals surface area contributed by atoms with Crippen molar-refractivity contribution >= 4 is 101 Å².